The van der Waals surface area contributed by atoms with Gasteiger partial charge in [-0.1, -0.05) is 6.92 Å². The molecule has 0 aliphatic carbocycles. The molecule has 1 aromatic heterocycles. The van der Waals surface area contributed by atoms with Crippen molar-refractivity contribution < 1.29 is 14.7 Å². The Kier molecular flexibility index (Phi) is 6.44. The van der Waals surface area contributed by atoms with Crippen LogP contribution in [0.3, 0.4) is 0 Å². The van der Waals surface area contributed by atoms with Gasteiger partial charge in [0.25, 0.3) is 0 Å². The second kappa shape index (κ2) is 7.84. The van der Waals surface area contributed by atoms with Gasteiger partial charge in [0.2, 0.25) is 0 Å². The van der Waals surface area contributed by atoms with Crippen LogP contribution in [0.4, 0.5) is 4.79 Å². The van der Waals surface area contributed by atoms with E-state index in [0.717, 1.165) is 5.01 Å². The molecular formula is C13H21N3O3S. The second-order valence-corrected chi connectivity index (χ2v) is 5.81. The van der Waals surface area contributed by atoms with Crippen LogP contribution in [0.2, 0.25) is 0 Å². The predicted octanol–water partition coefficient (Wildman–Crippen LogP) is 2.14. The number of hydrogen-bond acceptors (Lipinski definition) is 4. The zero-order valence-corrected chi connectivity index (χ0v) is 12.8. The molecule has 6 nitrogen and oxygen atoms in total. The third kappa shape index (κ3) is 5.16. The van der Waals surface area contributed by atoms with Crippen molar-refractivity contribution >= 4 is 23.3 Å². The lowest BCUT2D eigenvalue weighted by Crippen LogP contribution is -2.45. The molecule has 20 heavy (non-hydrogen) atoms. The van der Waals surface area contributed by atoms with Crippen LogP contribution in [0.1, 0.15) is 38.1 Å². The van der Waals surface area contributed by atoms with E-state index in [0.29, 0.717) is 6.54 Å². The third-order valence-corrected chi connectivity index (χ3v) is 3.89. The van der Waals surface area contributed by atoms with Crippen molar-refractivity contribution in [2.24, 2.45) is 0 Å². The van der Waals surface area contributed by atoms with Crippen LogP contribution in [0.15, 0.2) is 11.6 Å². The highest BCUT2D eigenvalue weighted by atomic mass is 32.1. The zero-order valence-electron chi connectivity index (χ0n) is 12.0. The smallest absolute Gasteiger partial charge is 0.317 e. The van der Waals surface area contributed by atoms with Gasteiger partial charge < -0.3 is 15.3 Å². The van der Waals surface area contributed by atoms with E-state index in [1.54, 1.807) is 17.5 Å². The van der Waals surface area contributed by atoms with Crippen LogP contribution in [-0.2, 0) is 4.79 Å². The summed E-state index contributed by atoms with van der Waals surface area (Å²) in [5, 5.41) is 14.4. The lowest BCUT2D eigenvalue weighted by molar-refractivity contribution is -0.137. The van der Waals surface area contributed by atoms with E-state index in [1.807, 2.05) is 26.2 Å². The molecule has 0 saturated carbocycles. The molecule has 1 rings (SSSR count). The summed E-state index contributed by atoms with van der Waals surface area (Å²) in [4.78, 5) is 28.4. The van der Waals surface area contributed by atoms with Gasteiger partial charge in [0, 0.05) is 36.6 Å². The van der Waals surface area contributed by atoms with Crippen molar-refractivity contribution in [3.8, 4) is 0 Å². The number of carbonyl (C=O) groups excluding carboxylic acids is 1. The van der Waals surface area contributed by atoms with Crippen molar-refractivity contribution in [2.45, 2.75) is 39.2 Å². The number of nitrogens with one attached hydrogen (secondary N) is 1. The summed E-state index contributed by atoms with van der Waals surface area (Å²) in [6.07, 6.45) is 1.69. The first-order valence-electron chi connectivity index (χ1n) is 6.57. The molecule has 0 saturated heterocycles. The number of carboxylic acid groups (broad SMARTS) is 1. The maximum atomic E-state index is 12.1. The fourth-order valence-corrected chi connectivity index (χ4v) is 2.42. The summed E-state index contributed by atoms with van der Waals surface area (Å²) in [5.41, 5.74) is 0. The Morgan fingerprint density at radius 3 is 2.65 bits per heavy atom. The number of carboxylic acids is 1. The SMILES string of the molecule is CC(CNC(=O)N(CCC(=O)O)C(C)C)c1nccs1. The number of thiazole rings is 1. The number of amides is 2. The van der Waals surface area contributed by atoms with E-state index in [4.69, 9.17) is 5.11 Å². The van der Waals surface area contributed by atoms with Crippen LogP contribution in [0.5, 0.6) is 0 Å². The highest BCUT2D eigenvalue weighted by Gasteiger charge is 2.18. The van der Waals surface area contributed by atoms with Gasteiger partial charge in [-0.25, -0.2) is 9.78 Å². The standard InChI is InChI=1S/C13H21N3O3S/c1-9(2)16(6-4-11(17)18)13(19)15-8-10(3)12-14-5-7-20-12/h5,7,9-10H,4,6,8H2,1-3H3,(H,15,19)(H,17,18). The number of rotatable bonds is 7. The summed E-state index contributed by atoms with van der Waals surface area (Å²) in [6, 6.07) is -0.269. The molecule has 0 bridgehead atoms. The number of carbonyl (C=O) groups is 2. The van der Waals surface area contributed by atoms with Crippen molar-refractivity contribution in [1.82, 2.24) is 15.2 Å². The largest absolute Gasteiger partial charge is 0.481 e. The van der Waals surface area contributed by atoms with Crippen LogP contribution in [-0.4, -0.2) is 46.1 Å². The Bertz CT molecular complexity index is 434. The van der Waals surface area contributed by atoms with E-state index in [9.17, 15) is 9.59 Å². The summed E-state index contributed by atoms with van der Waals surface area (Å²) in [5.74, 6) is -0.757. The van der Waals surface area contributed by atoms with Gasteiger partial charge in [-0.2, -0.15) is 0 Å². The fourth-order valence-electron chi connectivity index (χ4n) is 1.72. The van der Waals surface area contributed by atoms with Crippen LogP contribution >= 0.6 is 11.3 Å². The number of aliphatic carboxylic acids is 1. The molecule has 0 spiro atoms. The molecule has 0 aromatic carbocycles. The predicted molar refractivity (Wildman–Crippen MR) is 78.0 cm³/mol. The van der Waals surface area contributed by atoms with Gasteiger partial charge in [0.1, 0.15) is 0 Å². The normalized spacial score (nSPS) is 12.2. The van der Waals surface area contributed by atoms with Gasteiger partial charge in [0.15, 0.2) is 0 Å². The number of hydrogen-bond donors (Lipinski definition) is 2. The van der Waals surface area contributed by atoms with Crippen molar-refractivity contribution in [3.05, 3.63) is 16.6 Å². The summed E-state index contributed by atoms with van der Waals surface area (Å²) in [6.45, 7) is 6.43. The molecule has 1 heterocycles. The van der Waals surface area contributed by atoms with Crippen LogP contribution in [0, 0.1) is 0 Å². The van der Waals surface area contributed by atoms with E-state index in [2.05, 4.69) is 10.3 Å². The van der Waals surface area contributed by atoms with Gasteiger partial charge in [-0.3, -0.25) is 4.79 Å². The summed E-state index contributed by atoms with van der Waals surface area (Å²) < 4.78 is 0. The first-order chi connectivity index (χ1) is 9.41. The van der Waals surface area contributed by atoms with Crippen LogP contribution in [0.25, 0.3) is 0 Å². The van der Waals surface area contributed by atoms with Crippen molar-refractivity contribution in [1.29, 1.82) is 0 Å². The Balaban J connectivity index is 2.47. The first-order valence-corrected chi connectivity index (χ1v) is 7.45. The van der Waals surface area contributed by atoms with Gasteiger partial charge in [0.05, 0.1) is 11.4 Å². The number of urea groups is 1. The minimum atomic E-state index is -0.903. The van der Waals surface area contributed by atoms with E-state index in [-0.39, 0.29) is 31.0 Å². The van der Waals surface area contributed by atoms with E-state index >= 15 is 0 Å². The highest BCUT2D eigenvalue weighted by Crippen LogP contribution is 2.16. The molecule has 1 atom stereocenters. The molecule has 0 aliphatic heterocycles. The van der Waals surface area contributed by atoms with Crippen molar-refractivity contribution in [2.75, 3.05) is 13.1 Å². The molecule has 2 amide bonds. The first kappa shape index (κ1) is 16.4. The average molecular weight is 299 g/mol. The molecule has 2 N–H and O–H groups in total. The molecule has 1 unspecified atom stereocenters. The zero-order chi connectivity index (χ0) is 15.1. The molecule has 112 valence electrons. The quantitative estimate of drug-likeness (QED) is 0.808. The Labute approximate surface area is 122 Å². The summed E-state index contributed by atoms with van der Waals surface area (Å²) >= 11 is 1.56. The lowest BCUT2D eigenvalue weighted by Gasteiger charge is -2.27. The third-order valence-electron chi connectivity index (χ3n) is 2.88. The minimum Gasteiger partial charge on any atom is -0.481 e. The Morgan fingerprint density at radius 1 is 1.45 bits per heavy atom. The van der Waals surface area contributed by atoms with Crippen LogP contribution < -0.4 is 5.32 Å². The second-order valence-electron chi connectivity index (χ2n) is 4.89. The molecule has 1 aromatic rings. The lowest BCUT2D eigenvalue weighted by atomic mass is 10.2. The number of aromatic nitrogens is 1. The molecule has 7 heteroatoms. The maximum absolute atomic E-state index is 12.1. The van der Waals surface area contributed by atoms with Gasteiger partial charge in [-0.05, 0) is 13.8 Å². The minimum absolute atomic E-state index is 0.0375. The fraction of sp³-hybridized carbons (Fsp3) is 0.615. The molecular weight excluding hydrogens is 278 g/mol. The van der Waals surface area contributed by atoms with E-state index in [1.165, 1.54) is 4.90 Å². The van der Waals surface area contributed by atoms with Crippen molar-refractivity contribution in [3.63, 3.8) is 0 Å². The maximum Gasteiger partial charge on any atom is 0.317 e. The Morgan fingerprint density at radius 2 is 2.15 bits per heavy atom. The molecule has 0 fully saturated rings. The monoisotopic (exact) mass is 299 g/mol. The topological polar surface area (TPSA) is 82.5 Å². The van der Waals surface area contributed by atoms with E-state index < -0.39 is 5.97 Å². The average Bonchev–Trinajstić information content (AvgIpc) is 2.89. The highest BCUT2D eigenvalue weighted by molar-refractivity contribution is 7.09. The van der Waals surface area contributed by atoms with Gasteiger partial charge in [-0.15, -0.1) is 11.3 Å². The molecule has 0 aliphatic rings. The Hall–Kier alpha value is -1.63. The van der Waals surface area contributed by atoms with Gasteiger partial charge >= 0.3 is 12.0 Å². The number of nitrogens with zero attached hydrogens (tertiary/aromatic N) is 2. The summed E-state index contributed by atoms with van der Waals surface area (Å²) in [7, 11) is 0. The molecule has 0 radical (unpaired) electrons.